The number of allylic oxidation sites excluding steroid dienone is 1. The number of benzene rings is 1. The van der Waals surface area contributed by atoms with Crippen LogP contribution < -0.4 is 0 Å². The molecule has 3 aromatic rings. The minimum atomic E-state index is -4.94. The second kappa shape index (κ2) is 7.10. The first kappa shape index (κ1) is 19.6. The van der Waals surface area contributed by atoms with Gasteiger partial charge in [0.1, 0.15) is 6.33 Å². The molecule has 2 aromatic heterocycles. The van der Waals surface area contributed by atoms with Crippen LogP contribution >= 0.6 is 0 Å². The topological polar surface area (TPSA) is 43.6 Å². The average Bonchev–Trinajstić information content (AvgIpc) is 3.09. The molecule has 2 heterocycles. The second-order valence-electron chi connectivity index (χ2n) is 5.90. The molecule has 0 aliphatic carbocycles. The van der Waals surface area contributed by atoms with Crippen molar-refractivity contribution in [3.63, 3.8) is 0 Å². The van der Waals surface area contributed by atoms with Crippen molar-refractivity contribution in [1.29, 1.82) is 0 Å². The molecule has 0 amide bonds. The van der Waals surface area contributed by atoms with E-state index in [2.05, 4.69) is 15.1 Å². The van der Waals surface area contributed by atoms with Crippen molar-refractivity contribution < 1.29 is 26.3 Å². The molecule has 0 bridgehead atoms. The van der Waals surface area contributed by atoms with Gasteiger partial charge in [0.2, 0.25) is 0 Å². The highest BCUT2D eigenvalue weighted by Crippen LogP contribution is 2.38. The minimum Gasteiger partial charge on any atom is -0.264 e. The third-order valence-corrected chi connectivity index (χ3v) is 3.80. The Morgan fingerprint density at radius 3 is 2.18 bits per heavy atom. The lowest BCUT2D eigenvalue weighted by Crippen LogP contribution is -2.11. The summed E-state index contributed by atoms with van der Waals surface area (Å²) < 4.78 is 79.1. The highest BCUT2D eigenvalue weighted by atomic mass is 19.4. The number of alkyl halides is 6. The second-order valence-corrected chi connectivity index (χ2v) is 5.90. The molecule has 0 saturated carbocycles. The van der Waals surface area contributed by atoms with Gasteiger partial charge in [-0.1, -0.05) is 6.07 Å². The van der Waals surface area contributed by atoms with Crippen molar-refractivity contribution in [1.82, 2.24) is 19.7 Å². The normalized spacial score (nSPS) is 13.0. The Bertz CT molecular complexity index is 971. The van der Waals surface area contributed by atoms with E-state index < -0.39 is 23.5 Å². The quantitative estimate of drug-likeness (QED) is 0.555. The Labute approximate surface area is 155 Å². The largest absolute Gasteiger partial charge is 0.416 e. The fraction of sp³-hybridized carbons (Fsp3) is 0.167. The van der Waals surface area contributed by atoms with Gasteiger partial charge in [-0.05, 0) is 42.3 Å². The van der Waals surface area contributed by atoms with Gasteiger partial charge in [-0.3, -0.25) is 4.98 Å². The summed E-state index contributed by atoms with van der Waals surface area (Å²) in [6, 6.07) is 4.76. The molecule has 0 radical (unpaired) electrons. The number of pyridine rings is 1. The standard InChI is InChI=1S/C18H12F6N4/c1-11(12-3-2-4-25-8-12)9-28-10-26-16(27-28)13-5-14(17(19,20)21)7-15(6-13)18(22,23)24/h2-10H,1H3. The number of halogens is 6. The van der Waals surface area contributed by atoms with Crippen LogP contribution in [0.2, 0.25) is 0 Å². The van der Waals surface area contributed by atoms with Crippen molar-refractivity contribution in [2.45, 2.75) is 19.3 Å². The van der Waals surface area contributed by atoms with Gasteiger partial charge in [-0.25, -0.2) is 9.67 Å². The number of rotatable bonds is 3. The van der Waals surface area contributed by atoms with E-state index in [1.54, 1.807) is 31.5 Å². The maximum atomic E-state index is 13.0. The molecule has 4 nitrogen and oxygen atoms in total. The molecule has 0 unspecified atom stereocenters. The predicted molar refractivity (Wildman–Crippen MR) is 89.5 cm³/mol. The lowest BCUT2D eigenvalue weighted by Gasteiger charge is -2.13. The smallest absolute Gasteiger partial charge is 0.264 e. The maximum Gasteiger partial charge on any atom is 0.416 e. The van der Waals surface area contributed by atoms with Gasteiger partial charge in [-0.2, -0.15) is 26.3 Å². The third kappa shape index (κ3) is 4.38. The summed E-state index contributed by atoms with van der Waals surface area (Å²) in [6.07, 6.45) is -3.94. The molecule has 0 fully saturated rings. The van der Waals surface area contributed by atoms with E-state index >= 15 is 0 Å². The Kier molecular flexibility index (Phi) is 4.97. The van der Waals surface area contributed by atoms with Crippen LogP contribution in [-0.2, 0) is 12.4 Å². The molecule has 0 atom stereocenters. The summed E-state index contributed by atoms with van der Waals surface area (Å²) in [7, 11) is 0. The van der Waals surface area contributed by atoms with Gasteiger partial charge in [-0.15, -0.1) is 5.10 Å². The van der Waals surface area contributed by atoms with E-state index in [1.807, 2.05) is 0 Å². The lowest BCUT2D eigenvalue weighted by molar-refractivity contribution is -0.143. The highest BCUT2D eigenvalue weighted by Gasteiger charge is 2.37. The van der Waals surface area contributed by atoms with E-state index in [0.717, 1.165) is 11.1 Å². The van der Waals surface area contributed by atoms with Gasteiger partial charge < -0.3 is 0 Å². The Balaban J connectivity index is 2.01. The molecule has 3 rings (SSSR count). The van der Waals surface area contributed by atoms with Gasteiger partial charge in [0, 0.05) is 24.2 Å². The Hall–Kier alpha value is -3.17. The van der Waals surface area contributed by atoms with Crippen LogP contribution in [0.15, 0.2) is 49.1 Å². The molecule has 0 aliphatic rings. The number of aromatic nitrogens is 4. The lowest BCUT2D eigenvalue weighted by atomic mass is 10.0. The molecule has 0 N–H and O–H groups in total. The van der Waals surface area contributed by atoms with Crippen LogP contribution in [0.4, 0.5) is 26.3 Å². The van der Waals surface area contributed by atoms with Crippen molar-refractivity contribution in [3.05, 3.63) is 65.7 Å². The van der Waals surface area contributed by atoms with Crippen LogP contribution in [0.5, 0.6) is 0 Å². The number of hydrogen-bond donors (Lipinski definition) is 0. The van der Waals surface area contributed by atoms with Crippen molar-refractivity contribution in [2.24, 2.45) is 0 Å². The van der Waals surface area contributed by atoms with Crippen molar-refractivity contribution >= 4 is 11.8 Å². The van der Waals surface area contributed by atoms with E-state index in [9.17, 15) is 26.3 Å². The SMILES string of the molecule is CC(=Cn1cnc(-c2cc(C(F)(F)F)cc(C(F)(F)F)c2)n1)c1cccnc1. The maximum absolute atomic E-state index is 13.0. The summed E-state index contributed by atoms with van der Waals surface area (Å²) in [4.78, 5) is 7.80. The zero-order chi connectivity index (χ0) is 20.5. The number of nitrogens with zero attached hydrogens (tertiary/aromatic N) is 4. The number of hydrogen-bond acceptors (Lipinski definition) is 3. The summed E-state index contributed by atoms with van der Waals surface area (Å²) in [5.74, 6) is -0.258. The third-order valence-electron chi connectivity index (χ3n) is 3.80. The van der Waals surface area contributed by atoms with Crippen LogP contribution in [0.3, 0.4) is 0 Å². The van der Waals surface area contributed by atoms with Crippen LogP contribution in [0.1, 0.15) is 23.6 Å². The van der Waals surface area contributed by atoms with Crippen LogP contribution in [0.25, 0.3) is 23.2 Å². The van der Waals surface area contributed by atoms with Crippen molar-refractivity contribution in [3.8, 4) is 11.4 Å². The van der Waals surface area contributed by atoms with E-state index in [4.69, 9.17) is 0 Å². The molecular weight excluding hydrogens is 386 g/mol. The summed E-state index contributed by atoms with van der Waals surface area (Å²) in [5, 5.41) is 3.97. The first-order valence-electron chi connectivity index (χ1n) is 7.84. The van der Waals surface area contributed by atoms with Gasteiger partial charge >= 0.3 is 12.4 Å². The van der Waals surface area contributed by atoms with E-state index in [-0.39, 0.29) is 17.5 Å². The molecule has 10 heteroatoms. The first-order chi connectivity index (χ1) is 13.0. The predicted octanol–water partition coefficient (Wildman–Crippen LogP) is 5.40. The average molecular weight is 398 g/mol. The molecule has 0 aliphatic heterocycles. The Morgan fingerprint density at radius 1 is 1.00 bits per heavy atom. The summed E-state index contributed by atoms with van der Waals surface area (Å²) >= 11 is 0. The van der Waals surface area contributed by atoms with E-state index in [0.29, 0.717) is 12.1 Å². The molecule has 1 aromatic carbocycles. The molecule has 28 heavy (non-hydrogen) atoms. The van der Waals surface area contributed by atoms with Crippen LogP contribution in [0, 0.1) is 0 Å². The van der Waals surface area contributed by atoms with Gasteiger partial charge in [0.05, 0.1) is 11.1 Å². The van der Waals surface area contributed by atoms with Crippen molar-refractivity contribution in [2.75, 3.05) is 0 Å². The van der Waals surface area contributed by atoms with Gasteiger partial charge in [0.25, 0.3) is 0 Å². The van der Waals surface area contributed by atoms with Crippen LogP contribution in [-0.4, -0.2) is 19.7 Å². The molecule has 0 spiro atoms. The Morgan fingerprint density at radius 2 is 1.64 bits per heavy atom. The highest BCUT2D eigenvalue weighted by molar-refractivity contribution is 5.73. The zero-order valence-electron chi connectivity index (χ0n) is 14.3. The molecule has 0 saturated heterocycles. The van der Waals surface area contributed by atoms with Gasteiger partial charge in [0.15, 0.2) is 5.82 Å². The summed E-state index contributed by atoms with van der Waals surface area (Å²) in [6.45, 7) is 1.75. The van der Waals surface area contributed by atoms with E-state index in [1.165, 1.54) is 17.2 Å². The minimum absolute atomic E-state index is 0.0624. The molecular formula is C18H12F6N4. The first-order valence-corrected chi connectivity index (χ1v) is 7.84. The fourth-order valence-electron chi connectivity index (χ4n) is 2.42. The monoisotopic (exact) mass is 398 g/mol. The fourth-order valence-corrected chi connectivity index (χ4v) is 2.42. The summed E-state index contributed by atoms with van der Waals surface area (Å²) in [5.41, 5.74) is -1.72. The molecule has 146 valence electrons. The zero-order valence-corrected chi connectivity index (χ0v) is 14.3.